The van der Waals surface area contributed by atoms with Crippen molar-refractivity contribution in [2.75, 3.05) is 7.05 Å². The number of aromatic nitrogens is 2. The first kappa shape index (κ1) is 31.8. The van der Waals surface area contributed by atoms with E-state index >= 15 is 0 Å². The van der Waals surface area contributed by atoms with Crippen LogP contribution in [0.2, 0.25) is 0 Å². The molecule has 4 heterocycles. The molecule has 1 N–H and O–H groups in total. The smallest absolute Gasteiger partial charge is 0.203 e. The molecule has 5 heteroatoms. The number of nitrogens with zero attached hydrogens (tertiary/aromatic N) is 3. The Morgan fingerprint density at radius 1 is 0.655 bits per heavy atom. The largest absolute Gasteiger partial charge is 0.345 e. The minimum Gasteiger partial charge on any atom is -0.345 e. The summed E-state index contributed by atoms with van der Waals surface area (Å²) in [6.45, 7) is 6.27. The van der Waals surface area contributed by atoms with Gasteiger partial charge in [0.15, 0.2) is 0 Å². The van der Waals surface area contributed by atoms with Gasteiger partial charge in [-0.2, -0.15) is 0 Å². The van der Waals surface area contributed by atoms with Crippen LogP contribution in [0.1, 0.15) is 34.5 Å². The van der Waals surface area contributed by atoms with Crippen molar-refractivity contribution in [3.05, 3.63) is 174 Å². The van der Waals surface area contributed by atoms with Crippen molar-refractivity contribution in [1.29, 1.82) is 0 Å². The Labute approximate surface area is 321 Å². The fourth-order valence-electron chi connectivity index (χ4n) is 9.17. The van der Waals surface area contributed by atoms with Crippen LogP contribution in [0.5, 0.6) is 0 Å². The number of thiophene rings is 1. The van der Waals surface area contributed by atoms with Crippen LogP contribution < -0.4 is 5.32 Å². The molecule has 1 atom stereocenters. The van der Waals surface area contributed by atoms with E-state index in [9.17, 15) is 0 Å². The number of hydrogen-bond donors (Lipinski definition) is 1. The highest BCUT2D eigenvalue weighted by atomic mass is 32.1. The highest BCUT2D eigenvalue weighted by Gasteiger charge is 2.25. The first-order chi connectivity index (χ1) is 27.2. The molecule has 262 valence electrons. The zero-order valence-corrected chi connectivity index (χ0v) is 31.4. The Morgan fingerprint density at radius 3 is 2.05 bits per heavy atom. The third-order valence-electron chi connectivity index (χ3n) is 11.5. The number of benzene rings is 7. The fourth-order valence-corrected chi connectivity index (χ4v) is 10.3. The van der Waals surface area contributed by atoms with Gasteiger partial charge in [-0.05, 0) is 59.3 Å². The van der Waals surface area contributed by atoms with Crippen molar-refractivity contribution in [2.24, 2.45) is 4.99 Å². The molecule has 0 saturated carbocycles. The number of nitrogens with one attached hydrogen (secondary N) is 1. The van der Waals surface area contributed by atoms with E-state index in [0.29, 0.717) is 0 Å². The van der Waals surface area contributed by atoms with Crippen LogP contribution in [0.25, 0.3) is 92.9 Å². The summed E-state index contributed by atoms with van der Waals surface area (Å²) in [7, 11) is 1.90. The van der Waals surface area contributed by atoms with Crippen molar-refractivity contribution in [3.8, 4) is 0 Å². The molecule has 0 aliphatic heterocycles. The van der Waals surface area contributed by atoms with E-state index in [1.165, 1.54) is 80.2 Å². The number of allylic oxidation sites excluding steroid dienone is 1. The molecule has 55 heavy (non-hydrogen) atoms. The van der Waals surface area contributed by atoms with Gasteiger partial charge in [-0.25, -0.2) is 0 Å². The van der Waals surface area contributed by atoms with Crippen LogP contribution in [0.15, 0.2) is 157 Å². The maximum atomic E-state index is 5.10. The van der Waals surface area contributed by atoms with Crippen LogP contribution in [0.3, 0.4) is 0 Å². The molecule has 0 aliphatic rings. The second kappa shape index (κ2) is 12.2. The average Bonchev–Trinajstić information content (AvgIpc) is 3.97. The molecule has 0 bridgehead atoms. The van der Waals surface area contributed by atoms with Gasteiger partial charge in [0, 0.05) is 59.7 Å². The maximum absolute atomic E-state index is 5.10. The standard InChI is InChI=1S/C50H36N4S/c1-4-14-43-33(5-2)40-29-32(25-28-44(40)55-43)46(31-15-7-6-8-16-31)52-50(51-3)54-42-22-12-10-18-35(42)38-26-23-30-24-27-39-37-20-13-19-36-34-17-9-11-21-41(34)53(47(36)37)48(39)45(30)49(38)54/h4-29,46H,2H2,1,3H3,(H,51,52)/b14-4-. The highest BCUT2D eigenvalue weighted by Crippen LogP contribution is 2.45. The third kappa shape index (κ3) is 4.48. The summed E-state index contributed by atoms with van der Waals surface area (Å²) in [6.07, 6.45) is 6.27. The van der Waals surface area contributed by atoms with Gasteiger partial charge < -0.3 is 9.72 Å². The molecule has 0 saturated heterocycles. The Morgan fingerprint density at radius 2 is 1.31 bits per heavy atom. The van der Waals surface area contributed by atoms with Crippen molar-refractivity contribution in [3.63, 3.8) is 0 Å². The molecule has 1 unspecified atom stereocenters. The van der Waals surface area contributed by atoms with Crippen LogP contribution in [-0.2, 0) is 0 Å². The van der Waals surface area contributed by atoms with Gasteiger partial charge in [0.1, 0.15) is 0 Å². The summed E-state index contributed by atoms with van der Waals surface area (Å²) in [5.41, 5.74) is 9.48. The van der Waals surface area contributed by atoms with Crippen molar-refractivity contribution in [2.45, 2.75) is 13.0 Å². The van der Waals surface area contributed by atoms with Gasteiger partial charge in [0.25, 0.3) is 0 Å². The lowest BCUT2D eigenvalue weighted by molar-refractivity contribution is 0.745. The summed E-state index contributed by atoms with van der Waals surface area (Å²) in [5, 5.41) is 15.1. The predicted molar refractivity (Wildman–Crippen MR) is 238 cm³/mol. The van der Waals surface area contributed by atoms with E-state index in [1.54, 1.807) is 11.3 Å². The maximum Gasteiger partial charge on any atom is 0.203 e. The molecular weight excluding hydrogens is 689 g/mol. The Hall–Kier alpha value is -6.69. The number of hydrogen-bond acceptors (Lipinski definition) is 2. The van der Waals surface area contributed by atoms with E-state index in [2.05, 4.69) is 179 Å². The first-order valence-electron chi connectivity index (χ1n) is 18.8. The molecular formula is C50H36N4S. The van der Waals surface area contributed by atoms with Gasteiger partial charge in [-0.3, -0.25) is 9.56 Å². The SMILES string of the molecule is C=Cc1c(/C=C\C)sc2ccc(C(NC(=NC)n3c4ccccc4c4ccc5ccc6c7cccc8c9ccccc9n(c87)c6c5c43)c3ccccc3)cc12. The van der Waals surface area contributed by atoms with Crippen molar-refractivity contribution in [1.82, 2.24) is 14.3 Å². The second-order valence-electron chi connectivity index (χ2n) is 14.3. The third-order valence-corrected chi connectivity index (χ3v) is 12.6. The van der Waals surface area contributed by atoms with Crippen LogP contribution in [0, 0.1) is 0 Å². The van der Waals surface area contributed by atoms with Gasteiger partial charge in [-0.1, -0.05) is 134 Å². The van der Waals surface area contributed by atoms with E-state index < -0.39 is 0 Å². The molecule has 0 radical (unpaired) electrons. The lowest BCUT2D eigenvalue weighted by atomic mass is 9.96. The molecule has 4 aromatic heterocycles. The minimum atomic E-state index is -0.179. The first-order valence-corrected chi connectivity index (χ1v) is 19.6. The summed E-state index contributed by atoms with van der Waals surface area (Å²) in [4.78, 5) is 6.33. The van der Waals surface area contributed by atoms with Crippen LogP contribution in [-0.4, -0.2) is 22.0 Å². The van der Waals surface area contributed by atoms with Crippen molar-refractivity contribution >= 4 is 110 Å². The van der Waals surface area contributed by atoms with E-state index in [-0.39, 0.29) is 6.04 Å². The molecule has 7 aromatic carbocycles. The zero-order valence-electron chi connectivity index (χ0n) is 30.5. The van der Waals surface area contributed by atoms with E-state index in [4.69, 9.17) is 4.99 Å². The van der Waals surface area contributed by atoms with Crippen molar-refractivity contribution < 1.29 is 0 Å². The van der Waals surface area contributed by atoms with Crippen LogP contribution >= 0.6 is 11.3 Å². The predicted octanol–water partition coefficient (Wildman–Crippen LogP) is 13.2. The minimum absolute atomic E-state index is 0.179. The fraction of sp³-hybridized carbons (Fsp3) is 0.0600. The normalized spacial score (nSPS) is 13.3. The number of rotatable bonds is 5. The zero-order chi connectivity index (χ0) is 36.8. The molecule has 0 fully saturated rings. The van der Waals surface area contributed by atoms with E-state index in [0.717, 1.165) is 28.1 Å². The monoisotopic (exact) mass is 724 g/mol. The van der Waals surface area contributed by atoms with Crippen LogP contribution in [0.4, 0.5) is 0 Å². The van der Waals surface area contributed by atoms with Gasteiger partial charge in [-0.15, -0.1) is 11.3 Å². The number of para-hydroxylation sites is 3. The Kier molecular flexibility index (Phi) is 7.04. The number of fused-ring (bicyclic) bond motifs is 13. The molecule has 11 aromatic rings. The molecule has 4 nitrogen and oxygen atoms in total. The van der Waals surface area contributed by atoms with Gasteiger partial charge in [0.2, 0.25) is 5.96 Å². The van der Waals surface area contributed by atoms with E-state index in [1.807, 2.05) is 13.1 Å². The second-order valence-corrected chi connectivity index (χ2v) is 15.4. The Bertz CT molecular complexity index is 3390. The topological polar surface area (TPSA) is 33.7 Å². The lowest BCUT2D eigenvalue weighted by Gasteiger charge is -2.24. The molecule has 0 spiro atoms. The number of aliphatic imine (C=N–C) groups is 1. The highest BCUT2D eigenvalue weighted by molar-refractivity contribution is 7.20. The average molecular weight is 725 g/mol. The quantitative estimate of drug-likeness (QED) is 0.139. The summed E-state index contributed by atoms with van der Waals surface area (Å²) in [6, 6.07) is 50.9. The van der Waals surface area contributed by atoms with Gasteiger partial charge in [0.05, 0.1) is 33.6 Å². The summed E-state index contributed by atoms with van der Waals surface area (Å²) in [5.74, 6) is 0.784. The summed E-state index contributed by atoms with van der Waals surface area (Å²) >= 11 is 1.81. The molecule has 0 aliphatic carbocycles. The molecule has 0 amide bonds. The summed E-state index contributed by atoms with van der Waals surface area (Å²) < 4.78 is 6.13. The Balaban J connectivity index is 1.21. The lowest BCUT2D eigenvalue weighted by Crippen LogP contribution is -2.34. The van der Waals surface area contributed by atoms with Gasteiger partial charge >= 0.3 is 0 Å². The molecule has 11 rings (SSSR count).